The van der Waals surface area contributed by atoms with Gasteiger partial charge < -0.3 is 5.32 Å². The number of nitrogens with one attached hydrogen (secondary N) is 1. The van der Waals surface area contributed by atoms with Crippen molar-refractivity contribution in [3.8, 4) is 0 Å². The number of pyridine rings is 1. The molecule has 25 heavy (non-hydrogen) atoms. The molecule has 0 saturated carbocycles. The van der Waals surface area contributed by atoms with Crippen molar-refractivity contribution >= 4 is 17.7 Å². The summed E-state index contributed by atoms with van der Waals surface area (Å²) in [5.41, 5.74) is 5.20. The second kappa shape index (κ2) is 7.58. The number of aromatic nitrogens is 1. The molecule has 0 unspecified atom stereocenters. The van der Waals surface area contributed by atoms with E-state index >= 15 is 0 Å². The van der Waals surface area contributed by atoms with Crippen molar-refractivity contribution in [3.05, 3.63) is 101 Å². The number of benzene rings is 2. The maximum absolute atomic E-state index is 12.6. The summed E-state index contributed by atoms with van der Waals surface area (Å²) in [4.78, 5) is 17.1. The molecule has 1 amide bonds. The quantitative estimate of drug-likeness (QED) is 0.759. The average Bonchev–Trinajstić information content (AvgIpc) is 2.62. The molecule has 0 bridgehead atoms. The zero-order valence-electron chi connectivity index (χ0n) is 14.4. The molecule has 0 atom stereocenters. The van der Waals surface area contributed by atoms with Crippen LogP contribution in [0.2, 0.25) is 0 Å². The van der Waals surface area contributed by atoms with Gasteiger partial charge in [0.25, 0.3) is 5.91 Å². The Labute approximate surface area is 148 Å². The molecule has 3 nitrogen and oxygen atoms in total. The van der Waals surface area contributed by atoms with Gasteiger partial charge in [-0.25, -0.2) is 0 Å². The van der Waals surface area contributed by atoms with Crippen LogP contribution in [0.4, 0.5) is 0 Å². The Balaban J connectivity index is 1.98. The minimum atomic E-state index is -0.139. The third-order valence-corrected chi connectivity index (χ3v) is 3.78. The fraction of sp³-hybridized carbons (Fsp3) is 0.0909. The number of hydrogen-bond donors (Lipinski definition) is 1. The van der Waals surface area contributed by atoms with E-state index in [0.29, 0.717) is 5.56 Å². The summed E-state index contributed by atoms with van der Waals surface area (Å²) >= 11 is 0. The predicted octanol–water partition coefficient (Wildman–Crippen LogP) is 4.63. The minimum absolute atomic E-state index is 0.139. The monoisotopic (exact) mass is 328 g/mol. The summed E-state index contributed by atoms with van der Waals surface area (Å²) in [7, 11) is 0. The van der Waals surface area contributed by atoms with Gasteiger partial charge in [-0.3, -0.25) is 9.78 Å². The molecule has 1 heterocycles. The van der Waals surface area contributed by atoms with Crippen LogP contribution in [0.25, 0.3) is 11.8 Å². The van der Waals surface area contributed by atoms with Gasteiger partial charge in [0.1, 0.15) is 0 Å². The highest BCUT2D eigenvalue weighted by Gasteiger charge is 2.09. The fourth-order valence-electron chi connectivity index (χ4n) is 2.69. The molecule has 0 aliphatic carbocycles. The number of rotatable bonds is 4. The Kier molecular flexibility index (Phi) is 5.05. The predicted molar refractivity (Wildman–Crippen MR) is 102 cm³/mol. The highest BCUT2D eigenvalue weighted by atomic mass is 16.1. The molecule has 0 saturated heterocycles. The van der Waals surface area contributed by atoms with Gasteiger partial charge >= 0.3 is 0 Å². The number of hydrogen-bond acceptors (Lipinski definition) is 2. The van der Waals surface area contributed by atoms with E-state index in [0.717, 1.165) is 28.2 Å². The molecule has 124 valence electrons. The average molecular weight is 328 g/mol. The highest BCUT2D eigenvalue weighted by molar-refractivity contribution is 6.01. The van der Waals surface area contributed by atoms with Gasteiger partial charge in [-0.05, 0) is 55.3 Å². The molecule has 3 aromatic rings. The van der Waals surface area contributed by atoms with E-state index in [1.807, 2.05) is 80.6 Å². The lowest BCUT2D eigenvalue weighted by atomic mass is 10.1. The van der Waals surface area contributed by atoms with E-state index in [1.54, 1.807) is 12.1 Å². The maximum Gasteiger partial charge on any atom is 0.255 e. The molecule has 0 aliphatic heterocycles. The Morgan fingerprint density at radius 2 is 1.48 bits per heavy atom. The van der Waals surface area contributed by atoms with Gasteiger partial charge in [-0.15, -0.1) is 0 Å². The summed E-state index contributed by atoms with van der Waals surface area (Å²) in [6, 6.07) is 23.0. The third-order valence-electron chi connectivity index (χ3n) is 3.78. The highest BCUT2D eigenvalue weighted by Crippen LogP contribution is 2.17. The van der Waals surface area contributed by atoms with Crippen LogP contribution in [-0.4, -0.2) is 10.9 Å². The van der Waals surface area contributed by atoms with Crippen molar-refractivity contribution < 1.29 is 4.79 Å². The van der Waals surface area contributed by atoms with Gasteiger partial charge in [-0.1, -0.05) is 48.5 Å². The molecule has 0 fully saturated rings. The largest absolute Gasteiger partial charge is 0.321 e. The van der Waals surface area contributed by atoms with Crippen molar-refractivity contribution in [2.24, 2.45) is 0 Å². The lowest BCUT2D eigenvalue weighted by Gasteiger charge is -2.11. The molecular formula is C22H20N2O. The number of carbonyl (C=O) groups is 1. The second-order valence-corrected chi connectivity index (χ2v) is 5.95. The van der Waals surface area contributed by atoms with Crippen molar-refractivity contribution in [1.29, 1.82) is 0 Å². The summed E-state index contributed by atoms with van der Waals surface area (Å²) in [5, 5.41) is 3.02. The van der Waals surface area contributed by atoms with Crippen molar-refractivity contribution in [2.45, 2.75) is 13.8 Å². The summed E-state index contributed by atoms with van der Waals surface area (Å²) in [6.45, 7) is 4.01. The SMILES string of the molecule is Cc1cc(C)nc(/C=C(/NC(=O)c2ccccc2)c2ccccc2)c1. The number of carbonyl (C=O) groups excluding carboxylic acids is 1. The standard InChI is InChI=1S/C22H20N2O/c1-16-13-17(2)23-20(14-16)15-21(18-9-5-3-6-10-18)24-22(25)19-11-7-4-8-12-19/h3-15H,1-2H3,(H,24,25)/b21-15+. The molecule has 3 heteroatoms. The van der Waals surface area contributed by atoms with Gasteiger partial charge in [0.2, 0.25) is 0 Å². The second-order valence-electron chi connectivity index (χ2n) is 5.95. The van der Waals surface area contributed by atoms with Crippen LogP contribution < -0.4 is 5.32 Å². The maximum atomic E-state index is 12.6. The van der Waals surface area contributed by atoms with E-state index in [9.17, 15) is 4.79 Å². The lowest BCUT2D eigenvalue weighted by Crippen LogP contribution is -2.21. The first kappa shape index (κ1) is 16.7. The van der Waals surface area contributed by atoms with Crippen LogP contribution in [0, 0.1) is 13.8 Å². The number of nitrogens with zero attached hydrogens (tertiary/aromatic N) is 1. The van der Waals surface area contributed by atoms with Crippen molar-refractivity contribution in [3.63, 3.8) is 0 Å². The first-order valence-electron chi connectivity index (χ1n) is 8.20. The number of aryl methyl sites for hydroxylation is 2. The van der Waals surface area contributed by atoms with Crippen LogP contribution in [0.15, 0.2) is 72.8 Å². The van der Waals surface area contributed by atoms with E-state index in [-0.39, 0.29) is 5.91 Å². The summed E-state index contributed by atoms with van der Waals surface area (Å²) < 4.78 is 0. The molecule has 0 spiro atoms. The summed E-state index contributed by atoms with van der Waals surface area (Å²) in [6.07, 6.45) is 1.91. The van der Waals surface area contributed by atoms with Crippen LogP contribution in [0.3, 0.4) is 0 Å². The van der Waals surface area contributed by atoms with Crippen LogP contribution in [0.5, 0.6) is 0 Å². The molecule has 0 radical (unpaired) electrons. The van der Waals surface area contributed by atoms with Gasteiger partial charge in [-0.2, -0.15) is 0 Å². The molecule has 3 rings (SSSR count). The molecule has 0 aliphatic rings. The van der Waals surface area contributed by atoms with Crippen molar-refractivity contribution in [2.75, 3.05) is 0 Å². The third kappa shape index (κ3) is 4.42. The number of amides is 1. The molecule has 2 aromatic carbocycles. The van der Waals surface area contributed by atoms with E-state index in [4.69, 9.17) is 0 Å². The zero-order valence-corrected chi connectivity index (χ0v) is 14.4. The van der Waals surface area contributed by atoms with Gasteiger partial charge in [0.15, 0.2) is 0 Å². The molecular weight excluding hydrogens is 308 g/mol. The lowest BCUT2D eigenvalue weighted by molar-refractivity contribution is 0.0974. The Morgan fingerprint density at radius 1 is 0.880 bits per heavy atom. The van der Waals surface area contributed by atoms with Crippen LogP contribution in [0.1, 0.15) is 32.9 Å². The Morgan fingerprint density at radius 3 is 2.08 bits per heavy atom. The normalized spacial score (nSPS) is 11.2. The van der Waals surface area contributed by atoms with E-state index in [1.165, 1.54) is 0 Å². The van der Waals surface area contributed by atoms with Crippen molar-refractivity contribution in [1.82, 2.24) is 10.3 Å². The Bertz CT molecular complexity index is 880. The topological polar surface area (TPSA) is 42.0 Å². The van der Waals surface area contributed by atoms with Gasteiger partial charge in [0.05, 0.1) is 11.4 Å². The molecule has 1 N–H and O–H groups in total. The zero-order chi connectivity index (χ0) is 17.6. The first-order chi connectivity index (χ1) is 12.1. The van der Waals surface area contributed by atoms with E-state index in [2.05, 4.69) is 10.3 Å². The van der Waals surface area contributed by atoms with Crippen LogP contribution >= 0.6 is 0 Å². The Hall–Kier alpha value is -3.20. The minimum Gasteiger partial charge on any atom is -0.321 e. The fourth-order valence-corrected chi connectivity index (χ4v) is 2.69. The van der Waals surface area contributed by atoms with E-state index < -0.39 is 0 Å². The molecule has 1 aromatic heterocycles. The van der Waals surface area contributed by atoms with Gasteiger partial charge in [0, 0.05) is 11.3 Å². The smallest absolute Gasteiger partial charge is 0.255 e. The summed E-state index contributed by atoms with van der Waals surface area (Å²) in [5.74, 6) is -0.139. The van der Waals surface area contributed by atoms with Crippen LogP contribution in [-0.2, 0) is 0 Å². The first-order valence-corrected chi connectivity index (χ1v) is 8.20.